The normalized spacial score (nSPS) is 10.7. The molecule has 2 aromatic heterocycles. The Balaban J connectivity index is 2.39. The van der Waals surface area contributed by atoms with Crippen LogP contribution in [0.2, 0.25) is 0 Å². The molecule has 7 heteroatoms. The molecule has 0 fully saturated rings. The highest BCUT2D eigenvalue weighted by atomic mass is 32.1. The van der Waals surface area contributed by atoms with Crippen LogP contribution in [0, 0.1) is 6.92 Å². The molecule has 2 aromatic rings. The maximum absolute atomic E-state index is 5.81. The van der Waals surface area contributed by atoms with Gasteiger partial charge in [0.25, 0.3) is 11.8 Å². The molecule has 2 rings (SSSR count). The largest absolute Gasteiger partial charge is 0.389 e. The number of hydrogen-bond acceptors (Lipinski definition) is 7. The lowest BCUT2D eigenvalue weighted by molar-refractivity contribution is 0.430. The van der Waals surface area contributed by atoms with Crippen LogP contribution in [0.15, 0.2) is 4.52 Å². The van der Waals surface area contributed by atoms with E-state index in [2.05, 4.69) is 14.5 Å². The topological polar surface area (TPSA) is 81.1 Å². The van der Waals surface area contributed by atoms with Gasteiger partial charge in [-0.3, -0.25) is 0 Å². The van der Waals surface area contributed by atoms with Crippen LogP contribution in [-0.4, -0.2) is 28.1 Å². The van der Waals surface area contributed by atoms with E-state index in [-0.39, 0.29) is 0 Å². The molecule has 0 atom stereocenters. The Kier molecular flexibility index (Phi) is 2.78. The van der Waals surface area contributed by atoms with Gasteiger partial charge in [-0.2, -0.15) is 9.36 Å². The Morgan fingerprint density at radius 3 is 2.81 bits per heavy atom. The second-order valence-electron chi connectivity index (χ2n) is 3.42. The van der Waals surface area contributed by atoms with Gasteiger partial charge in [0.05, 0.1) is 11.3 Å². The quantitative estimate of drug-likeness (QED) is 0.875. The van der Waals surface area contributed by atoms with Crippen molar-refractivity contribution in [3.8, 4) is 11.5 Å². The van der Waals surface area contributed by atoms with Crippen LogP contribution >= 0.6 is 11.5 Å². The van der Waals surface area contributed by atoms with Crippen molar-refractivity contribution in [2.45, 2.75) is 13.8 Å². The molecule has 0 radical (unpaired) electrons. The van der Waals surface area contributed by atoms with Crippen LogP contribution in [-0.2, 0) is 0 Å². The van der Waals surface area contributed by atoms with Gasteiger partial charge in [-0.1, -0.05) is 0 Å². The number of nitrogens with zero attached hydrogens (tertiary/aromatic N) is 4. The van der Waals surface area contributed by atoms with Gasteiger partial charge in [0.2, 0.25) is 0 Å². The molecule has 0 amide bonds. The highest BCUT2D eigenvalue weighted by molar-refractivity contribution is 7.10. The van der Waals surface area contributed by atoms with E-state index >= 15 is 0 Å². The van der Waals surface area contributed by atoms with Crippen molar-refractivity contribution in [2.75, 3.05) is 24.2 Å². The van der Waals surface area contributed by atoms with Gasteiger partial charge in [-0.25, -0.2) is 0 Å². The number of aromatic nitrogens is 3. The van der Waals surface area contributed by atoms with Crippen LogP contribution in [0.5, 0.6) is 0 Å². The van der Waals surface area contributed by atoms with Crippen LogP contribution in [0.1, 0.15) is 12.6 Å². The summed E-state index contributed by atoms with van der Waals surface area (Å²) >= 11 is 1.24. The number of aryl methyl sites for hydroxylation is 1. The Morgan fingerprint density at radius 1 is 1.50 bits per heavy atom. The van der Waals surface area contributed by atoms with E-state index in [1.807, 2.05) is 25.8 Å². The molecular formula is C9H13N5OS. The molecule has 0 aliphatic carbocycles. The zero-order valence-corrected chi connectivity index (χ0v) is 10.2. The summed E-state index contributed by atoms with van der Waals surface area (Å²) in [4.78, 5) is 6.17. The smallest absolute Gasteiger partial charge is 0.266 e. The summed E-state index contributed by atoms with van der Waals surface area (Å²) in [5.74, 6) is 0.988. The SMILES string of the molecule is CCN(C)c1noc(-c2c(C)nsc2N)n1. The predicted molar refractivity (Wildman–Crippen MR) is 63.5 cm³/mol. The number of nitrogens with two attached hydrogens (primary N) is 1. The Hall–Kier alpha value is -1.63. The standard InChI is InChI=1S/C9H13N5OS/c1-4-14(3)9-11-8(15-12-9)6-5(2)13-16-7(6)10/h4,10H2,1-3H3. The first-order chi connectivity index (χ1) is 7.63. The third-order valence-corrected chi connectivity index (χ3v) is 3.10. The van der Waals surface area contributed by atoms with Crippen molar-refractivity contribution in [1.29, 1.82) is 0 Å². The van der Waals surface area contributed by atoms with Gasteiger partial charge in [0, 0.05) is 13.6 Å². The van der Waals surface area contributed by atoms with Crippen LogP contribution in [0.4, 0.5) is 10.9 Å². The summed E-state index contributed by atoms with van der Waals surface area (Å²) < 4.78 is 9.32. The number of nitrogen functional groups attached to an aromatic ring is 1. The first-order valence-corrected chi connectivity index (χ1v) is 5.67. The zero-order valence-electron chi connectivity index (χ0n) is 9.39. The first-order valence-electron chi connectivity index (χ1n) is 4.90. The zero-order chi connectivity index (χ0) is 11.7. The van der Waals surface area contributed by atoms with Gasteiger partial charge in [-0.05, 0) is 30.5 Å². The third kappa shape index (κ3) is 1.73. The summed E-state index contributed by atoms with van der Waals surface area (Å²) in [7, 11) is 1.90. The maximum Gasteiger partial charge on any atom is 0.266 e. The molecule has 0 aliphatic heterocycles. The van der Waals surface area contributed by atoms with E-state index in [4.69, 9.17) is 10.3 Å². The van der Waals surface area contributed by atoms with Gasteiger partial charge in [-0.15, -0.1) is 0 Å². The summed E-state index contributed by atoms with van der Waals surface area (Å²) in [6, 6.07) is 0. The first kappa shape index (κ1) is 10.9. The van der Waals surface area contributed by atoms with Crippen molar-refractivity contribution in [2.24, 2.45) is 0 Å². The second-order valence-corrected chi connectivity index (χ2v) is 4.23. The lowest BCUT2D eigenvalue weighted by Gasteiger charge is -2.08. The van der Waals surface area contributed by atoms with Gasteiger partial charge in [0.1, 0.15) is 5.00 Å². The lowest BCUT2D eigenvalue weighted by Crippen LogP contribution is -2.16. The van der Waals surface area contributed by atoms with Gasteiger partial charge < -0.3 is 15.2 Å². The lowest BCUT2D eigenvalue weighted by atomic mass is 10.2. The second kappa shape index (κ2) is 4.09. The molecule has 86 valence electrons. The van der Waals surface area contributed by atoms with Crippen LogP contribution in [0.3, 0.4) is 0 Å². The van der Waals surface area contributed by atoms with E-state index < -0.39 is 0 Å². The van der Waals surface area contributed by atoms with Crippen LogP contribution in [0.25, 0.3) is 11.5 Å². The van der Waals surface area contributed by atoms with E-state index in [1.165, 1.54) is 11.5 Å². The molecule has 0 bridgehead atoms. The van der Waals surface area contributed by atoms with Crippen molar-refractivity contribution in [1.82, 2.24) is 14.5 Å². The molecule has 0 aromatic carbocycles. The van der Waals surface area contributed by atoms with E-state index in [9.17, 15) is 0 Å². The highest BCUT2D eigenvalue weighted by Gasteiger charge is 2.18. The fourth-order valence-corrected chi connectivity index (χ4v) is 1.91. The van der Waals surface area contributed by atoms with Crippen molar-refractivity contribution >= 4 is 22.5 Å². The van der Waals surface area contributed by atoms with Crippen molar-refractivity contribution in [3.63, 3.8) is 0 Å². The molecule has 0 unspecified atom stereocenters. The van der Waals surface area contributed by atoms with E-state index in [1.54, 1.807) is 0 Å². The fraction of sp³-hybridized carbons (Fsp3) is 0.444. The third-order valence-electron chi connectivity index (χ3n) is 2.33. The minimum atomic E-state index is 0.430. The molecule has 16 heavy (non-hydrogen) atoms. The van der Waals surface area contributed by atoms with E-state index in [0.717, 1.165) is 17.8 Å². The van der Waals surface area contributed by atoms with Crippen molar-refractivity contribution < 1.29 is 4.52 Å². The predicted octanol–water partition coefficient (Wildman–Crippen LogP) is 1.54. The summed E-state index contributed by atoms with van der Waals surface area (Å²) in [5.41, 5.74) is 7.37. The average Bonchev–Trinajstić information content (AvgIpc) is 2.85. The highest BCUT2D eigenvalue weighted by Crippen LogP contribution is 2.31. The Labute approximate surface area is 97.2 Å². The molecular weight excluding hydrogens is 226 g/mol. The Bertz CT molecular complexity index is 472. The molecule has 2 N–H and O–H groups in total. The number of rotatable bonds is 3. The monoisotopic (exact) mass is 239 g/mol. The molecule has 0 spiro atoms. The van der Waals surface area contributed by atoms with Gasteiger partial charge in [0.15, 0.2) is 0 Å². The Morgan fingerprint density at radius 2 is 2.25 bits per heavy atom. The van der Waals surface area contributed by atoms with E-state index in [0.29, 0.717) is 16.8 Å². The summed E-state index contributed by atoms with van der Waals surface area (Å²) in [6.07, 6.45) is 0. The maximum atomic E-state index is 5.81. The molecule has 0 saturated heterocycles. The summed E-state index contributed by atoms with van der Waals surface area (Å²) in [5, 5.41) is 4.49. The number of hydrogen-bond donors (Lipinski definition) is 1. The molecule has 0 saturated carbocycles. The van der Waals surface area contributed by atoms with Crippen molar-refractivity contribution in [3.05, 3.63) is 5.69 Å². The number of anilines is 2. The summed E-state index contributed by atoms with van der Waals surface area (Å²) in [6.45, 7) is 4.70. The van der Waals surface area contributed by atoms with Gasteiger partial charge >= 0.3 is 0 Å². The minimum absolute atomic E-state index is 0.430. The minimum Gasteiger partial charge on any atom is -0.389 e. The molecule has 6 nitrogen and oxygen atoms in total. The van der Waals surface area contributed by atoms with Crippen LogP contribution < -0.4 is 10.6 Å². The molecule has 2 heterocycles. The average molecular weight is 239 g/mol. The molecule has 0 aliphatic rings. The fourth-order valence-electron chi connectivity index (χ4n) is 1.26.